The molecule has 2 aromatic rings. The van der Waals surface area contributed by atoms with Gasteiger partial charge in [0.1, 0.15) is 11.8 Å². The van der Waals surface area contributed by atoms with Crippen molar-refractivity contribution in [3.8, 4) is 17.1 Å². The van der Waals surface area contributed by atoms with E-state index in [-0.39, 0.29) is 11.5 Å². The Hall–Kier alpha value is -2.37. The lowest BCUT2D eigenvalue weighted by molar-refractivity contribution is -0.162. The Balaban J connectivity index is 1.28. The molecule has 1 aliphatic heterocycles. The Morgan fingerprint density at radius 1 is 1.13 bits per heavy atom. The summed E-state index contributed by atoms with van der Waals surface area (Å²) in [5.41, 5.74) is 0.740. The van der Waals surface area contributed by atoms with Crippen molar-refractivity contribution in [3.05, 3.63) is 30.2 Å². The molecule has 1 aromatic carbocycles. The highest BCUT2D eigenvalue weighted by atomic mass is 16.5. The topological polar surface area (TPSA) is 68.5 Å². The van der Waals surface area contributed by atoms with Crippen LogP contribution in [0.5, 0.6) is 5.75 Å². The summed E-state index contributed by atoms with van der Waals surface area (Å²) in [6.07, 6.45) is 10.4. The molecule has 1 aromatic heterocycles. The molecule has 1 atom stereocenters. The number of hydrogen-bond donors (Lipinski definition) is 0. The van der Waals surface area contributed by atoms with Crippen molar-refractivity contribution < 1.29 is 14.1 Å². The highest BCUT2D eigenvalue weighted by molar-refractivity contribution is 5.83. The van der Waals surface area contributed by atoms with E-state index in [0.29, 0.717) is 17.6 Å². The van der Waals surface area contributed by atoms with Gasteiger partial charge in [-0.3, -0.25) is 4.79 Å². The van der Waals surface area contributed by atoms with Gasteiger partial charge in [0.05, 0.1) is 12.5 Å². The summed E-state index contributed by atoms with van der Waals surface area (Å²) in [5, 5.41) is 4.24. The Morgan fingerprint density at radius 2 is 1.87 bits per heavy atom. The summed E-state index contributed by atoms with van der Waals surface area (Å²) in [5.74, 6) is 4.57. The fourth-order valence-electron chi connectivity index (χ4n) is 7.36. The largest absolute Gasteiger partial charge is 0.497 e. The van der Waals surface area contributed by atoms with Crippen molar-refractivity contribution in [3.63, 3.8) is 0 Å². The first-order valence-electron chi connectivity index (χ1n) is 11.9. The van der Waals surface area contributed by atoms with Crippen LogP contribution in [-0.4, -0.2) is 34.6 Å². The lowest BCUT2D eigenvalue weighted by Gasteiger charge is -2.57. The third kappa shape index (κ3) is 3.26. The smallest absolute Gasteiger partial charge is 0.249 e. The van der Waals surface area contributed by atoms with Gasteiger partial charge in [-0.25, -0.2) is 0 Å². The van der Waals surface area contributed by atoms with Crippen LogP contribution in [0.2, 0.25) is 0 Å². The monoisotopic (exact) mass is 421 g/mol. The SMILES string of the molecule is COc1cccc(-c2noc([C@H]3CCCCN3C(=O)C34CC5CC(CC(C5)C3)C4)n2)c1. The van der Waals surface area contributed by atoms with Crippen LogP contribution in [0.25, 0.3) is 11.4 Å². The molecule has 0 N–H and O–H groups in total. The molecule has 6 heteroatoms. The zero-order valence-electron chi connectivity index (χ0n) is 18.3. The zero-order valence-corrected chi connectivity index (χ0v) is 18.3. The van der Waals surface area contributed by atoms with E-state index in [1.807, 2.05) is 24.3 Å². The number of carbonyl (C=O) groups is 1. The third-order valence-electron chi connectivity index (χ3n) is 8.31. The molecule has 5 fully saturated rings. The number of methoxy groups -OCH3 is 1. The van der Waals surface area contributed by atoms with E-state index in [1.165, 1.54) is 19.3 Å². The normalized spacial score (nSPS) is 34.2. The van der Waals surface area contributed by atoms with Gasteiger partial charge in [0.2, 0.25) is 17.6 Å². The highest BCUT2D eigenvalue weighted by Crippen LogP contribution is 2.61. The number of nitrogens with zero attached hydrogens (tertiary/aromatic N) is 3. The van der Waals surface area contributed by atoms with Crippen LogP contribution in [0.15, 0.2) is 28.8 Å². The number of amides is 1. The van der Waals surface area contributed by atoms with Crippen LogP contribution in [0, 0.1) is 23.2 Å². The summed E-state index contributed by atoms with van der Waals surface area (Å²) < 4.78 is 11.1. The number of aromatic nitrogens is 2. The summed E-state index contributed by atoms with van der Waals surface area (Å²) in [7, 11) is 1.65. The third-order valence-corrected chi connectivity index (χ3v) is 8.31. The van der Waals surface area contributed by atoms with E-state index in [0.717, 1.165) is 74.1 Å². The second-order valence-corrected chi connectivity index (χ2v) is 10.4. The molecule has 0 radical (unpaired) electrons. The summed E-state index contributed by atoms with van der Waals surface area (Å²) in [6, 6.07) is 7.59. The van der Waals surface area contributed by atoms with Gasteiger partial charge in [0, 0.05) is 12.1 Å². The Morgan fingerprint density at radius 3 is 2.58 bits per heavy atom. The number of piperidine rings is 1. The molecular formula is C25H31N3O3. The van der Waals surface area contributed by atoms with Crippen molar-refractivity contribution in [2.24, 2.45) is 23.2 Å². The molecule has 1 amide bonds. The Labute approximate surface area is 183 Å². The fraction of sp³-hybridized carbons (Fsp3) is 0.640. The van der Waals surface area contributed by atoms with Crippen molar-refractivity contribution in [2.45, 2.75) is 63.8 Å². The minimum Gasteiger partial charge on any atom is -0.497 e. The number of ether oxygens (including phenoxy) is 1. The standard InChI is InChI=1S/C25H31N3O3/c1-30-20-6-4-5-19(12-20)22-26-23(31-27-22)21-7-2-3-8-28(21)24(29)25-13-16-9-17(14-25)11-18(10-16)15-25/h4-6,12,16-18,21H,2-3,7-11,13-15H2,1H3/t16?,17?,18?,21-,25?/m1/s1. The van der Waals surface area contributed by atoms with Gasteiger partial charge in [0.25, 0.3) is 0 Å². The average Bonchev–Trinajstić information content (AvgIpc) is 3.28. The van der Waals surface area contributed by atoms with Gasteiger partial charge in [-0.2, -0.15) is 4.98 Å². The Kier molecular flexibility index (Phi) is 4.58. The number of hydrogen-bond acceptors (Lipinski definition) is 5. The molecule has 2 heterocycles. The van der Waals surface area contributed by atoms with E-state index < -0.39 is 0 Å². The second-order valence-electron chi connectivity index (χ2n) is 10.4. The first-order chi connectivity index (χ1) is 15.1. The first kappa shape index (κ1) is 19.3. The molecule has 1 saturated heterocycles. The zero-order chi connectivity index (χ0) is 21.0. The first-order valence-corrected chi connectivity index (χ1v) is 11.9. The molecule has 4 bridgehead atoms. The van der Waals surface area contributed by atoms with Gasteiger partial charge in [-0.05, 0) is 87.7 Å². The van der Waals surface area contributed by atoms with Crippen molar-refractivity contribution in [1.82, 2.24) is 15.0 Å². The molecule has 0 spiro atoms. The molecule has 164 valence electrons. The maximum Gasteiger partial charge on any atom is 0.249 e. The molecule has 31 heavy (non-hydrogen) atoms. The van der Waals surface area contributed by atoms with Crippen molar-refractivity contribution in [1.29, 1.82) is 0 Å². The van der Waals surface area contributed by atoms with E-state index in [2.05, 4.69) is 10.1 Å². The summed E-state index contributed by atoms with van der Waals surface area (Å²) in [4.78, 5) is 20.9. The van der Waals surface area contributed by atoms with E-state index >= 15 is 0 Å². The highest BCUT2D eigenvalue weighted by Gasteiger charge is 2.56. The van der Waals surface area contributed by atoms with Crippen molar-refractivity contribution in [2.75, 3.05) is 13.7 Å². The number of benzene rings is 1. The quantitative estimate of drug-likeness (QED) is 0.694. The molecule has 4 aliphatic carbocycles. The number of rotatable bonds is 4. The van der Waals surface area contributed by atoms with Gasteiger partial charge < -0.3 is 14.2 Å². The van der Waals surface area contributed by atoms with Crippen molar-refractivity contribution >= 4 is 5.91 Å². The second kappa shape index (κ2) is 7.35. The maximum absolute atomic E-state index is 14.0. The lowest BCUT2D eigenvalue weighted by atomic mass is 9.49. The number of carbonyl (C=O) groups excluding carboxylic acids is 1. The number of likely N-dealkylation sites (tertiary alicyclic amines) is 1. The average molecular weight is 422 g/mol. The molecular weight excluding hydrogens is 390 g/mol. The van der Waals surface area contributed by atoms with Crippen LogP contribution in [-0.2, 0) is 4.79 Å². The molecule has 6 nitrogen and oxygen atoms in total. The fourth-order valence-corrected chi connectivity index (χ4v) is 7.36. The van der Waals surface area contributed by atoms with Gasteiger partial charge in [0.15, 0.2) is 0 Å². The van der Waals surface area contributed by atoms with E-state index in [1.54, 1.807) is 7.11 Å². The van der Waals surface area contributed by atoms with E-state index in [9.17, 15) is 4.79 Å². The predicted molar refractivity (Wildman–Crippen MR) is 115 cm³/mol. The molecule has 0 unspecified atom stereocenters. The van der Waals surface area contributed by atoms with Crippen LogP contribution in [0.1, 0.15) is 69.7 Å². The summed E-state index contributed by atoms with van der Waals surface area (Å²) in [6.45, 7) is 0.808. The van der Waals surface area contributed by atoms with Crippen LogP contribution < -0.4 is 4.74 Å². The minimum absolute atomic E-state index is 0.0962. The Bertz CT molecular complexity index is 949. The van der Waals surface area contributed by atoms with Crippen LogP contribution in [0.4, 0.5) is 0 Å². The summed E-state index contributed by atoms with van der Waals surface area (Å²) >= 11 is 0. The molecule has 5 aliphatic rings. The lowest BCUT2D eigenvalue weighted by Crippen LogP contribution is -2.55. The molecule has 4 saturated carbocycles. The van der Waals surface area contributed by atoms with Crippen LogP contribution >= 0.6 is 0 Å². The minimum atomic E-state index is -0.125. The van der Waals surface area contributed by atoms with Gasteiger partial charge >= 0.3 is 0 Å². The van der Waals surface area contributed by atoms with E-state index in [4.69, 9.17) is 14.2 Å². The van der Waals surface area contributed by atoms with Gasteiger partial charge in [-0.1, -0.05) is 17.3 Å². The molecule has 7 rings (SSSR count). The van der Waals surface area contributed by atoms with Crippen LogP contribution in [0.3, 0.4) is 0 Å². The maximum atomic E-state index is 14.0. The van der Waals surface area contributed by atoms with Gasteiger partial charge in [-0.15, -0.1) is 0 Å². The predicted octanol–water partition coefficient (Wildman–Crippen LogP) is 5.02.